The Hall–Kier alpha value is -0.910. The summed E-state index contributed by atoms with van der Waals surface area (Å²) in [7, 11) is 0. The van der Waals surface area contributed by atoms with E-state index >= 15 is 0 Å². The van der Waals surface area contributed by atoms with Gasteiger partial charge in [0, 0.05) is 12.1 Å². The maximum Gasteiger partial charge on any atom is 0.334 e. The van der Waals surface area contributed by atoms with Gasteiger partial charge in [-0.2, -0.15) is 0 Å². The van der Waals surface area contributed by atoms with E-state index in [4.69, 9.17) is 14.9 Å². The Balaban J connectivity index is 4.21. The molecule has 0 aliphatic carbocycles. The van der Waals surface area contributed by atoms with Gasteiger partial charge in [0.1, 0.15) is 0 Å². The highest BCUT2D eigenvalue weighted by Crippen LogP contribution is 2.08. The number of aliphatic hydroxyl groups is 2. The van der Waals surface area contributed by atoms with Crippen LogP contribution >= 0.6 is 0 Å². The van der Waals surface area contributed by atoms with Crippen LogP contribution in [0.2, 0.25) is 0 Å². The lowest BCUT2D eigenvalue weighted by Gasteiger charge is -2.29. The maximum atomic E-state index is 11.2. The second kappa shape index (κ2) is 7.38. The first kappa shape index (κ1) is 15.1. The molecule has 0 aromatic heterocycles. The molecule has 0 spiro atoms. The fourth-order valence-corrected chi connectivity index (χ4v) is 1.11. The summed E-state index contributed by atoms with van der Waals surface area (Å²) in [6.07, 6.45) is 0.552. The first-order chi connectivity index (χ1) is 7.55. The van der Waals surface area contributed by atoms with Crippen molar-refractivity contribution in [3.05, 3.63) is 12.2 Å². The van der Waals surface area contributed by atoms with Crippen molar-refractivity contribution in [2.45, 2.75) is 25.8 Å². The van der Waals surface area contributed by atoms with Crippen LogP contribution in [0.15, 0.2) is 12.2 Å². The molecule has 0 aromatic carbocycles. The Bertz CT molecular complexity index is 228. The number of carbonyl (C=O) groups excluding carboxylic acids is 1. The fourth-order valence-electron chi connectivity index (χ4n) is 1.11. The van der Waals surface area contributed by atoms with Gasteiger partial charge < -0.3 is 20.3 Å². The van der Waals surface area contributed by atoms with Crippen LogP contribution in [-0.2, 0) is 9.53 Å². The lowest BCUT2D eigenvalue weighted by atomic mass is 9.98. The lowest BCUT2D eigenvalue weighted by molar-refractivity contribution is -0.138. The highest BCUT2D eigenvalue weighted by Gasteiger charge is 2.26. The quantitative estimate of drug-likeness (QED) is 0.399. The highest BCUT2D eigenvalue weighted by molar-refractivity contribution is 5.88. The lowest BCUT2D eigenvalue weighted by Crippen LogP contribution is -2.52. The van der Waals surface area contributed by atoms with Crippen LogP contribution in [-0.4, -0.2) is 48.1 Å². The summed E-state index contributed by atoms with van der Waals surface area (Å²) in [4.78, 5) is 11.2. The SMILES string of the molecule is C=C(CNC(CC)(CO)CO)C(=O)OCC. The summed E-state index contributed by atoms with van der Waals surface area (Å²) in [5, 5.41) is 21.2. The summed E-state index contributed by atoms with van der Waals surface area (Å²) in [5.74, 6) is -0.462. The second-order valence-electron chi connectivity index (χ2n) is 3.63. The summed E-state index contributed by atoms with van der Waals surface area (Å²) >= 11 is 0. The van der Waals surface area contributed by atoms with E-state index < -0.39 is 11.5 Å². The summed E-state index contributed by atoms with van der Waals surface area (Å²) in [6, 6.07) is 0. The van der Waals surface area contributed by atoms with E-state index in [9.17, 15) is 4.79 Å². The van der Waals surface area contributed by atoms with Gasteiger partial charge >= 0.3 is 5.97 Å². The van der Waals surface area contributed by atoms with Gasteiger partial charge in [-0.3, -0.25) is 0 Å². The number of ether oxygens (including phenoxy) is 1. The minimum absolute atomic E-state index is 0.188. The first-order valence-electron chi connectivity index (χ1n) is 5.36. The third-order valence-electron chi connectivity index (χ3n) is 2.52. The summed E-state index contributed by atoms with van der Waals surface area (Å²) in [5.41, 5.74) is -0.489. The topological polar surface area (TPSA) is 78.8 Å². The summed E-state index contributed by atoms with van der Waals surface area (Å²) in [6.45, 7) is 7.23. The van der Waals surface area contributed by atoms with Crippen molar-refractivity contribution in [2.75, 3.05) is 26.4 Å². The Kier molecular flexibility index (Phi) is 6.96. The molecule has 0 aromatic rings. The Morgan fingerprint density at radius 2 is 1.94 bits per heavy atom. The highest BCUT2D eigenvalue weighted by atomic mass is 16.5. The first-order valence-corrected chi connectivity index (χ1v) is 5.36. The molecule has 0 atom stereocenters. The molecule has 0 rings (SSSR count). The van der Waals surface area contributed by atoms with Gasteiger partial charge in [0.05, 0.1) is 25.4 Å². The van der Waals surface area contributed by atoms with Crippen molar-refractivity contribution in [3.63, 3.8) is 0 Å². The van der Waals surface area contributed by atoms with E-state index in [-0.39, 0.29) is 25.3 Å². The van der Waals surface area contributed by atoms with Crippen molar-refractivity contribution in [2.24, 2.45) is 0 Å². The molecular formula is C11H21NO4. The number of carbonyl (C=O) groups is 1. The Labute approximate surface area is 96.1 Å². The van der Waals surface area contributed by atoms with Gasteiger partial charge in [-0.1, -0.05) is 13.5 Å². The van der Waals surface area contributed by atoms with E-state index in [1.165, 1.54) is 0 Å². The van der Waals surface area contributed by atoms with Crippen molar-refractivity contribution < 1.29 is 19.7 Å². The Morgan fingerprint density at radius 1 is 1.38 bits per heavy atom. The molecule has 0 aliphatic rings. The van der Waals surface area contributed by atoms with Crippen LogP contribution in [0.3, 0.4) is 0 Å². The van der Waals surface area contributed by atoms with E-state index in [0.717, 1.165) is 0 Å². The van der Waals surface area contributed by atoms with Crippen molar-refractivity contribution >= 4 is 5.97 Å². The van der Waals surface area contributed by atoms with E-state index in [1.807, 2.05) is 6.92 Å². The number of aliphatic hydroxyl groups excluding tert-OH is 2. The second-order valence-corrected chi connectivity index (χ2v) is 3.63. The molecule has 0 saturated heterocycles. The largest absolute Gasteiger partial charge is 0.463 e. The zero-order chi connectivity index (χ0) is 12.6. The molecule has 0 saturated carbocycles. The normalized spacial score (nSPS) is 11.2. The minimum Gasteiger partial charge on any atom is -0.463 e. The third-order valence-corrected chi connectivity index (χ3v) is 2.52. The smallest absolute Gasteiger partial charge is 0.334 e. The van der Waals surface area contributed by atoms with E-state index in [2.05, 4.69) is 11.9 Å². The molecule has 5 nitrogen and oxygen atoms in total. The number of hydrogen-bond donors (Lipinski definition) is 3. The molecule has 0 amide bonds. The molecule has 16 heavy (non-hydrogen) atoms. The van der Waals surface area contributed by atoms with Crippen molar-refractivity contribution in [3.8, 4) is 0 Å². The van der Waals surface area contributed by atoms with Gasteiger partial charge in [0.25, 0.3) is 0 Å². The fraction of sp³-hybridized carbons (Fsp3) is 0.727. The van der Waals surface area contributed by atoms with Gasteiger partial charge in [-0.05, 0) is 13.3 Å². The molecule has 0 unspecified atom stereocenters. The molecule has 94 valence electrons. The van der Waals surface area contributed by atoms with Crippen LogP contribution in [0.4, 0.5) is 0 Å². The zero-order valence-corrected chi connectivity index (χ0v) is 9.95. The molecule has 0 aliphatic heterocycles. The van der Waals surface area contributed by atoms with Gasteiger partial charge in [0.2, 0.25) is 0 Å². The molecule has 3 N–H and O–H groups in total. The predicted octanol–water partition coefficient (Wildman–Crippen LogP) is -0.171. The van der Waals surface area contributed by atoms with Crippen LogP contribution < -0.4 is 5.32 Å². The third kappa shape index (κ3) is 4.30. The molecular weight excluding hydrogens is 210 g/mol. The number of nitrogens with one attached hydrogen (secondary N) is 1. The monoisotopic (exact) mass is 231 g/mol. The maximum absolute atomic E-state index is 11.2. The van der Waals surface area contributed by atoms with Crippen molar-refractivity contribution in [1.82, 2.24) is 5.32 Å². The number of rotatable bonds is 8. The molecule has 0 radical (unpaired) electrons. The average Bonchev–Trinajstić information content (AvgIpc) is 2.31. The molecule has 0 heterocycles. The summed E-state index contributed by atoms with van der Waals surface area (Å²) < 4.78 is 4.77. The molecule has 0 bridgehead atoms. The van der Waals surface area contributed by atoms with Gasteiger partial charge in [-0.25, -0.2) is 4.79 Å². The van der Waals surface area contributed by atoms with E-state index in [1.54, 1.807) is 6.92 Å². The Morgan fingerprint density at radius 3 is 2.31 bits per heavy atom. The van der Waals surface area contributed by atoms with Gasteiger partial charge in [0.15, 0.2) is 0 Å². The van der Waals surface area contributed by atoms with Crippen LogP contribution in [0.5, 0.6) is 0 Å². The van der Waals surface area contributed by atoms with Crippen LogP contribution in [0.25, 0.3) is 0 Å². The molecule has 0 fully saturated rings. The predicted molar refractivity (Wildman–Crippen MR) is 61.0 cm³/mol. The van der Waals surface area contributed by atoms with Crippen LogP contribution in [0.1, 0.15) is 20.3 Å². The number of esters is 1. The minimum atomic E-state index is -0.768. The van der Waals surface area contributed by atoms with Crippen LogP contribution in [0, 0.1) is 0 Å². The average molecular weight is 231 g/mol. The number of hydrogen-bond acceptors (Lipinski definition) is 5. The van der Waals surface area contributed by atoms with Crippen molar-refractivity contribution in [1.29, 1.82) is 0 Å². The van der Waals surface area contributed by atoms with Gasteiger partial charge in [-0.15, -0.1) is 0 Å². The molecule has 5 heteroatoms. The standard InChI is InChI=1S/C11H21NO4/c1-4-11(7-13,8-14)12-6-9(3)10(15)16-5-2/h12-14H,3-8H2,1-2H3. The van der Waals surface area contributed by atoms with E-state index in [0.29, 0.717) is 13.0 Å². The zero-order valence-electron chi connectivity index (χ0n) is 9.95.